The first kappa shape index (κ1) is 39.6. The number of anilines is 1. The van der Waals surface area contributed by atoms with Crippen LogP contribution in [0.1, 0.15) is 78.0 Å². The van der Waals surface area contributed by atoms with Gasteiger partial charge in [-0.1, -0.05) is 77.9 Å². The number of ether oxygens (including phenoxy) is 1. The standard InChI is InChI=1S/C45H54N4O5S/c1-31-23-32(2)25-35(24-31)26-39(41-29-46-42-20-17-37(27-40(41)42)45(3,4)43(50)49-21-9-10-22-49)36(28-47-44(51)54-30-34-11-7-6-8-12-34)16-13-33-14-18-38(19-15-33)48-55(5,52)53/h6-8,11-12,14-15,17-20,23-25,27,29,36,39,46,48H,9-10,13,16,21-22,26,28,30H2,1-5H3,(H,47,51). The smallest absolute Gasteiger partial charge is 0.407 e. The third kappa shape index (κ3) is 10.4. The number of aromatic amines is 1. The van der Waals surface area contributed by atoms with E-state index >= 15 is 0 Å². The maximum atomic E-state index is 13.8. The zero-order chi connectivity index (χ0) is 39.2. The summed E-state index contributed by atoms with van der Waals surface area (Å²) in [6.07, 6.45) is 7.02. The van der Waals surface area contributed by atoms with Crippen molar-refractivity contribution in [2.24, 2.45) is 5.92 Å². The van der Waals surface area contributed by atoms with Gasteiger partial charge in [-0.2, -0.15) is 0 Å². The highest BCUT2D eigenvalue weighted by Crippen LogP contribution is 2.39. The second-order valence-corrected chi connectivity index (χ2v) is 17.5. The molecule has 1 aromatic heterocycles. The first-order valence-corrected chi connectivity index (χ1v) is 21.1. The predicted molar refractivity (Wildman–Crippen MR) is 221 cm³/mol. The minimum atomic E-state index is -3.39. The summed E-state index contributed by atoms with van der Waals surface area (Å²) in [5.41, 5.74) is 8.50. The quantitative estimate of drug-likeness (QED) is 0.0988. The molecule has 1 aliphatic rings. The Morgan fingerprint density at radius 3 is 2.24 bits per heavy atom. The number of H-pyrrole nitrogens is 1. The van der Waals surface area contributed by atoms with Gasteiger partial charge in [0.2, 0.25) is 15.9 Å². The Bertz CT molecular complexity index is 2190. The minimum Gasteiger partial charge on any atom is -0.445 e. The van der Waals surface area contributed by atoms with Gasteiger partial charge in [0.05, 0.1) is 11.7 Å². The van der Waals surface area contributed by atoms with Crippen LogP contribution in [-0.4, -0.2) is 56.2 Å². The maximum absolute atomic E-state index is 13.8. The zero-order valence-electron chi connectivity index (χ0n) is 32.7. The number of carbonyl (C=O) groups is 2. The highest BCUT2D eigenvalue weighted by Gasteiger charge is 2.36. The Kier molecular flexibility index (Phi) is 12.3. The van der Waals surface area contributed by atoms with E-state index in [1.54, 1.807) is 12.1 Å². The molecular formula is C45H54N4O5S. The fourth-order valence-electron chi connectivity index (χ4n) is 7.99. The van der Waals surface area contributed by atoms with Gasteiger partial charge in [0.25, 0.3) is 0 Å². The van der Waals surface area contributed by atoms with Crippen LogP contribution in [0.15, 0.2) is 97.2 Å². The van der Waals surface area contributed by atoms with Crippen LogP contribution in [0.2, 0.25) is 0 Å². The number of aryl methyl sites for hydroxylation is 3. The number of carbonyl (C=O) groups excluding carboxylic acids is 2. The molecule has 6 rings (SSSR count). The van der Waals surface area contributed by atoms with E-state index in [0.717, 1.165) is 78.2 Å². The van der Waals surface area contributed by atoms with Gasteiger partial charge in [-0.15, -0.1) is 0 Å². The SMILES string of the molecule is Cc1cc(C)cc(CC(c2c[nH]c3ccc(C(C)(C)C(=O)N4CCCC4)cc23)C(CCc2ccc(NS(C)(=O)=O)cc2)CNC(=O)OCc2ccccc2)c1. The second kappa shape index (κ2) is 17.1. The molecule has 55 heavy (non-hydrogen) atoms. The number of nitrogens with one attached hydrogen (secondary N) is 3. The van der Waals surface area contributed by atoms with Gasteiger partial charge in [0.15, 0.2) is 0 Å². The topological polar surface area (TPSA) is 121 Å². The van der Waals surface area contributed by atoms with Crippen molar-refractivity contribution in [1.82, 2.24) is 15.2 Å². The third-order valence-corrected chi connectivity index (χ3v) is 11.5. The molecule has 0 bridgehead atoms. The van der Waals surface area contributed by atoms with Crippen molar-refractivity contribution < 1.29 is 22.7 Å². The molecule has 9 nitrogen and oxygen atoms in total. The summed E-state index contributed by atoms with van der Waals surface area (Å²) in [5.74, 6) is 0.103. The fourth-order valence-corrected chi connectivity index (χ4v) is 8.55. The van der Waals surface area contributed by atoms with Crippen molar-refractivity contribution in [1.29, 1.82) is 0 Å². The van der Waals surface area contributed by atoms with Gasteiger partial charge in [-0.3, -0.25) is 9.52 Å². The summed E-state index contributed by atoms with van der Waals surface area (Å²) in [6, 6.07) is 30.1. The van der Waals surface area contributed by atoms with E-state index in [4.69, 9.17) is 4.74 Å². The number of aromatic nitrogens is 1. The van der Waals surface area contributed by atoms with Crippen LogP contribution in [0, 0.1) is 19.8 Å². The molecule has 0 radical (unpaired) electrons. The number of hydrogen-bond acceptors (Lipinski definition) is 5. The van der Waals surface area contributed by atoms with Crippen LogP contribution in [0.3, 0.4) is 0 Å². The molecule has 1 fully saturated rings. The van der Waals surface area contributed by atoms with Crippen LogP contribution in [0.25, 0.3) is 10.9 Å². The monoisotopic (exact) mass is 762 g/mol. The summed E-state index contributed by atoms with van der Waals surface area (Å²) >= 11 is 0. The number of likely N-dealkylation sites (tertiary alicyclic amines) is 1. The number of nitrogens with zero attached hydrogens (tertiary/aromatic N) is 1. The molecular weight excluding hydrogens is 709 g/mol. The van der Waals surface area contributed by atoms with E-state index in [1.807, 2.05) is 61.2 Å². The van der Waals surface area contributed by atoms with Crippen molar-refractivity contribution in [3.8, 4) is 0 Å². The van der Waals surface area contributed by atoms with Crippen molar-refractivity contribution in [2.45, 2.75) is 77.7 Å². The van der Waals surface area contributed by atoms with Gasteiger partial charge in [0, 0.05) is 42.4 Å². The lowest BCUT2D eigenvalue weighted by atomic mass is 9.77. The number of fused-ring (bicyclic) bond motifs is 1. The molecule has 2 heterocycles. The number of hydrogen-bond donors (Lipinski definition) is 3. The number of amides is 2. The molecule has 2 amide bonds. The van der Waals surface area contributed by atoms with Gasteiger partial charge >= 0.3 is 6.09 Å². The minimum absolute atomic E-state index is 0.0248. The summed E-state index contributed by atoms with van der Waals surface area (Å²) in [6.45, 7) is 10.4. The first-order valence-electron chi connectivity index (χ1n) is 19.2. The van der Waals surface area contributed by atoms with Crippen LogP contribution in [0.4, 0.5) is 10.5 Å². The average Bonchev–Trinajstić information content (AvgIpc) is 3.84. The van der Waals surface area contributed by atoms with E-state index in [9.17, 15) is 18.0 Å². The van der Waals surface area contributed by atoms with Gasteiger partial charge in [-0.25, -0.2) is 13.2 Å². The van der Waals surface area contributed by atoms with E-state index in [0.29, 0.717) is 18.7 Å². The van der Waals surface area contributed by atoms with Gasteiger partial charge in [-0.05, 0) is 124 Å². The van der Waals surface area contributed by atoms with E-state index < -0.39 is 21.5 Å². The van der Waals surface area contributed by atoms with Crippen molar-refractivity contribution in [3.05, 3.63) is 136 Å². The molecule has 1 saturated heterocycles. The van der Waals surface area contributed by atoms with Gasteiger partial charge in [0.1, 0.15) is 6.61 Å². The molecule has 0 saturated carbocycles. The van der Waals surface area contributed by atoms with E-state index in [-0.39, 0.29) is 24.3 Å². The van der Waals surface area contributed by atoms with Crippen LogP contribution >= 0.6 is 0 Å². The second-order valence-electron chi connectivity index (χ2n) is 15.7. The molecule has 10 heteroatoms. The molecule has 2 atom stereocenters. The van der Waals surface area contributed by atoms with Crippen LogP contribution in [-0.2, 0) is 44.4 Å². The summed E-state index contributed by atoms with van der Waals surface area (Å²) in [4.78, 5) is 32.5. The summed E-state index contributed by atoms with van der Waals surface area (Å²) < 4.78 is 31.8. The fraction of sp³-hybridized carbons (Fsp3) is 0.378. The molecule has 0 spiro atoms. The molecule has 290 valence electrons. The largest absolute Gasteiger partial charge is 0.445 e. The highest BCUT2D eigenvalue weighted by atomic mass is 32.2. The Morgan fingerprint density at radius 2 is 1.56 bits per heavy atom. The molecule has 1 aliphatic heterocycles. The van der Waals surface area contributed by atoms with Gasteiger partial charge < -0.3 is 19.9 Å². The molecule has 5 aromatic rings. The highest BCUT2D eigenvalue weighted by molar-refractivity contribution is 7.92. The first-order chi connectivity index (χ1) is 26.2. The van der Waals surface area contributed by atoms with Crippen LogP contribution < -0.4 is 10.0 Å². The average molecular weight is 763 g/mol. The number of sulfonamides is 1. The molecule has 2 unspecified atom stereocenters. The van der Waals surface area contributed by atoms with E-state index in [2.05, 4.69) is 71.5 Å². The van der Waals surface area contributed by atoms with Crippen LogP contribution in [0.5, 0.6) is 0 Å². The summed E-state index contributed by atoms with van der Waals surface area (Å²) in [7, 11) is -3.39. The predicted octanol–water partition coefficient (Wildman–Crippen LogP) is 8.56. The molecule has 3 N–H and O–H groups in total. The Morgan fingerprint density at radius 1 is 0.873 bits per heavy atom. The number of alkyl carbamates (subject to hydrolysis) is 1. The zero-order valence-corrected chi connectivity index (χ0v) is 33.5. The Labute approximate surface area is 325 Å². The normalized spacial score (nSPS) is 14.5. The Hall–Kier alpha value is -5.09. The van der Waals surface area contributed by atoms with Crippen molar-refractivity contribution >= 4 is 38.6 Å². The number of rotatable bonds is 15. The lowest BCUT2D eigenvalue weighted by molar-refractivity contribution is -0.135. The number of benzene rings is 4. The van der Waals surface area contributed by atoms with E-state index in [1.165, 1.54) is 16.7 Å². The lowest BCUT2D eigenvalue weighted by Gasteiger charge is -2.30. The van der Waals surface area contributed by atoms with Crippen molar-refractivity contribution in [3.63, 3.8) is 0 Å². The third-order valence-electron chi connectivity index (χ3n) is 10.9. The molecule has 0 aliphatic carbocycles. The maximum Gasteiger partial charge on any atom is 0.407 e. The lowest BCUT2D eigenvalue weighted by Crippen LogP contribution is -2.41. The molecule has 4 aromatic carbocycles. The van der Waals surface area contributed by atoms with Crippen molar-refractivity contribution in [2.75, 3.05) is 30.6 Å². The summed E-state index contributed by atoms with van der Waals surface area (Å²) in [5, 5.41) is 4.18. The Balaban J connectivity index is 1.35.